The van der Waals surface area contributed by atoms with E-state index in [4.69, 9.17) is 9.84 Å². The van der Waals surface area contributed by atoms with Gasteiger partial charge in [-0.3, -0.25) is 0 Å². The average Bonchev–Trinajstić information content (AvgIpc) is 2.55. The highest BCUT2D eigenvalue weighted by Gasteiger charge is 2.20. The molecular formula is C12H12O3. The highest BCUT2D eigenvalue weighted by atomic mass is 16.5. The summed E-state index contributed by atoms with van der Waals surface area (Å²) < 4.78 is 5.49. The van der Waals surface area contributed by atoms with Crippen LogP contribution in [0.4, 0.5) is 0 Å². The largest absolute Gasteiger partial charge is 0.488 e. The second-order valence-corrected chi connectivity index (χ2v) is 3.68. The predicted octanol–water partition coefficient (Wildman–Crippen LogP) is 2.16. The first-order chi connectivity index (χ1) is 7.09. The van der Waals surface area contributed by atoms with Crippen LogP contribution in [0.1, 0.15) is 16.7 Å². The van der Waals surface area contributed by atoms with Crippen LogP contribution in [-0.2, 0) is 4.79 Å². The summed E-state index contributed by atoms with van der Waals surface area (Å²) in [4.78, 5) is 10.6. The van der Waals surface area contributed by atoms with E-state index < -0.39 is 5.97 Å². The van der Waals surface area contributed by atoms with E-state index in [1.54, 1.807) is 0 Å². The van der Waals surface area contributed by atoms with Gasteiger partial charge >= 0.3 is 5.97 Å². The Hall–Kier alpha value is -1.77. The minimum atomic E-state index is -0.931. The van der Waals surface area contributed by atoms with Crippen LogP contribution in [0.25, 0.3) is 5.57 Å². The van der Waals surface area contributed by atoms with Crippen LogP contribution in [-0.4, -0.2) is 17.7 Å². The monoisotopic (exact) mass is 204 g/mol. The molecule has 1 heterocycles. The van der Waals surface area contributed by atoms with Gasteiger partial charge in [0.2, 0.25) is 0 Å². The Balaban J connectivity index is 2.54. The van der Waals surface area contributed by atoms with Crippen LogP contribution in [0.2, 0.25) is 0 Å². The zero-order valence-electron chi connectivity index (χ0n) is 8.70. The summed E-state index contributed by atoms with van der Waals surface area (Å²) in [5.74, 6) is -0.109. The molecular weight excluding hydrogens is 192 g/mol. The lowest BCUT2D eigenvalue weighted by Crippen LogP contribution is -1.93. The van der Waals surface area contributed by atoms with Crippen molar-refractivity contribution in [2.24, 2.45) is 0 Å². The van der Waals surface area contributed by atoms with Crippen molar-refractivity contribution < 1.29 is 14.6 Å². The van der Waals surface area contributed by atoms with Crippen LogP contribution in [0.15, 0.2) is 18.2 Å². The fourth-order valence-electron chi connectivity index (χ4n) is 1.73. The topological polar surface area (TPSA) is 46.5 Å². The summed E-state index contributed by atoms with van der Waals surface area (Å²) in [6, 6.07) is 3.90. The van der Waals surface area contributed by atoms with E-state index in [0.717, 1.165) is 28.0 Å². The van der Waals surface area contributed by atoms with E-state index in [-0.39, 0.29) is 0 Å². The normalized spacial score (nSPS) is 16.3. The van der Waals surface area contributed by atoms with Crippen molar-refractivity contribution in [3.63, 3.8) is 0 Å². The van der Waals surface area contributed by atoms with Gasteiger partial charge in [0.25, 0.3) is 0 Å². The Bertz CT molecular complexity index is 458. The molecule has 0 saturated carbocycles. The molecule has 0 bridgehead atoms. The highest BCUT2D eigenvalue weighted by Crippen LogP contribution is 2.37. The number of ether oxygens (including phenoxy) is 1. The van der Waals surface area contributed by atoms with Crippen molar-refractivity contribution >= 4 is 11.5 Å². The zero-order chi connectivity index (χ0) is 11.0. The number of rotatable bonds is 1. The molecule has 0 unspecified atom stereocenters. The van der Waals surface area contributed by atoms with Crippen molar-refractivity contribution in [1.82, 2.24) is 0 Å². The van der Waals surface area contributed by atoms with Crippen LogP contribution < -0.4 is 4.74 Å². The van der Waals surface area contributed by atoms with E-state index in [0.29, 0.717) is 6.61 Å². The fourth-order valence-corrected chi connectivity index (χ4v) is 1.73. The Labute approximate surface area is 88.0 Å². The van der Waals surface area contributed by atoms with Crippen molar-refractivity contribution in [3.8, 4) is 5.75 Å². The van der Waals surface area contributed by atoms with Crippen LogP contribution >= 0.6 is 0 Å². The third-order valence-corrected chi connectivity index (χ3v) is 2.69. The van der Waals surface area contributed by atoms with Gasteiger partial charge in [-0.15, -0.1) is 0 Å². The molecule has 0 atom stereocenters. The molecule has 0 amide bonds. The molecule has 0 aromatic heterocycles. The summed E-state index contributed by atoms with van der Waals surface area (Å²) in [6.07, 6.45) is 1.21. The number of carboxylic acid groups (broad SMARTS) is 1. The van der Waals surface area contributed by atoms with E-state index in [1.807, 2.05) is 26.0 Å². The standard InChI is InChI=1S/C12H12O3/c1-7-3-4-10-9(5-11(13)14)6-15-12(10)8(7)2/h3-5H,6H2,1-2H3,(H,13,14)/b9-5+. The average molecular weight is 204 g/mol. The maximum atomic E-state index is 10.6. The first-order valence-corrected chi connectivity index (χ1v) is 4.76. The van der Waals surface area contributed by atoms with Gasteiger partial charge < -0.3 is 9.84 Å². The van der Waals surface area contributed by atoms with Crippen molar-refractivity contribution in [2.45, 2.75) is 13.8 Å². The molecule has 1 N–H and O–H groups in total. The van der Waals surface area contributed by atoms with Gasteiger partial charge in [0.05, 0.1) is 0 Å². The molecule has 15 heavy (non-hydrogen) atoms. The lowest BCUT2D eigenvalue weighted by Gasteiger charge is -2.05. The number of carboxylic acids is 1. The first-order valence-electron chi connectivity index (χ1n) is 4.76. The number of fused-ring (bicyclic) bond motifs is 1. The van der Waals surface area contributed by atoms with E-state index in [2.05, 4.69) is 0 Å². The molecule has 0 aliphatic carbocycles. The molecule has 0 saturated heterocycles. The SMILES string of the molecule is Cc1ccc2c(c1C)OC/C2=C\C(=O)O. The summed E-state index contributed by atoms with van der Waals surface area (Å²) in [7, 11) is 0. The van der Waals surface area contributed by atoms with Crippen molar-refractivity contribution in [2.75, 3.05) is 6.61 Å². The second kappa shape index (κ2) is 3.42. The number of aryl methyl sites for hydroxylation is 1. The highest BCUT2D eigenvalue weighted by molar-refractivity contribution is 5.92. The molecule has 2 rings (SSSR count). The summed E-state index contributed by atoms with van der Waals surface area (Å²) >= 11 is 0. The fraction of sp³-hybridized carbons (Fsp3) is 0.250. The third kappa shape index (κ3) is 1.61. The summed E-state index contributed by atoms with van der Waals surface area (Å²) in [6.45, 7) is 4.35. The number of hydrogen-bond donors (Lipinski definition) is 1. The van der Waals surface area contributed by atoms with E-state index in [9.17, 15) is 4.79 Å². The number of carbonyl (C=O) groups is 1. The van der Waals surface area contributed by atoms with Gasteiger partial charge in [0.1, 0.15) is 12.4 Å². The Morgan fingerprint density at radius 1 is 1.47 bits per heavy atom. The molecule has 3 heteroatoms. The van der Waals surface area contributed by atoms with Gasteiger partial charge in [-0.2, -0.15) is 0 Å². The Morgan fingerprint density at radius 3 is 2.87 bits per heavy atom. The molecule has 1 aromatic rings. The molecule has 0 spiro atoms. The van der Waals surface area contributed by atoms with Crippen molar-refractivity contribution in [3.05, 3.63) is 34.9 Å². The molecule has 3 nitrogen and oxygen atoms in total. The summed E-state index contributed by atoms with van der Waals surface area (Å²) in [5.41, 5.74) is 3.88. The Morgan fingerprint density at radius 2 is 2.20 bits per heavy atom. The Kier molecular flexibility index (Phi) is 2.23. The van der Waals surface area contributed by atoms with E-state index >= 15 is 0 Å². The van der Waals surface area contributed by atoms with Gasteiger partial charge in [-0.25, -0.2) is 4.79 Å². The minimum absolute atomic E-state index is 0.353. The zero-order valence-corrected chi connectivity index (χ0v) is 8.70. The third-order valence-electron chi connectivity index (χ3n) is 2.69. The second-order valence-electron chi connectivity index (χ2n) is 3.68. The lowest BCUT2D eigenvalue weighted by molar-refractivity contribution is -0.131. The first kappa shape index (κ1) is 9.77. The van der Waals surface area contributed by atoms with E-state index in [1.165, 1.54) is 6.08 Å². The molecule has 1 aliphatic heterocycles. The number of hydrogen-bond acceptors (Lipinski definition) is 2. The summed E-state index contributed by atoms with van der Waals surface area (Å²) in [5, 5.41) is 8.69. The van der Waals surface area contributed by atoms with Crippen LogP contribution in [0, 0.1) is 13.8 Å². The molecule has 0 radical (unpaired) electrons. The van der Waals surface area contributed by atoms with Gasteiger partial charge in [-0.1, -0.05) is 12.1 Å². The van der Waals surface area contributed by atoms with Crippen molar-refractivity contribution in [1.29, 1.82) is 0 Å². The maximum absolute atomic E-state index is 10.6. The minimum Gasteiger partial charge on any atom is -0.488 e. The lowest BCUT2D eigenvalue weighted by atomic mass is 10.0. The predicted molar refractivity (Wildman–Crippen MR) is 57.0 cm³/mol. The molecule has 1 aliphatic rings. The number of benzene rings is 1. The van der Waals surface area contributed by atoms with Crippen LogP contribution in [0.5, 0.6) is 5.75 Å². The molecule has 0 fully saturated rings. The van der Waals surface area contributed by atoms with Gasteiger partial charge in [0, 0.05) is 17.2 Å². The maximum Gasteiger partial charge on any atom is 0.328 e. The smallest absolute Gasteiger partial charge is 0.328 e. The van der Waals surface area contributed by atoms with Gasteiger partial charge in [0.15, 0.2) is 0 Å². The van der Waals surface area contributed by atoms with Gasteiger partial charge in [-0.05, 0) is 25.0 Å². The molecule has 1 aromatic carbocycles. The van der Waals surface area contributed by atoms with Crippen LogP contribution in [0.3, 0.4) is 0 Å². The number of aliphatic carboxylic acids is 1. The molecule has 78 valence electrons. The quantitative estimate of drug-likeness (QED) is 0.713.